The fourth-order valence-electron chi connectivity index (χ4n) is 1.85. The molecule has 2 rings (SSSR count). The van der Waals surface area contributed by atoms with Crippen LogP contribution in [-0.2, 0) is 11.4 Å². The Morgan fingerprint density at radius 1 is 1.27 bits per heavy atom. The number of carbonyl (C=O) groups is 2. The van der Waals surface area contributed by atoms with E-state index in [4.69, 9.17) is 9.26 Å². The molecule has 138 valence electrons. The number of rotatable bonds is 7. The molecule has 2 N–H and O–H groups in total. The first-order valence-corrected chi connectivity index (χ1v) is 8.18. The van der Waals surface area contributed by atoms with Crippen LogP contribution in [0.15, 0.2) is 47.5 Å². The molecule has 0 aliphatic heterocycles. The van der Waals surface area contributed by atoms with Crippen LogP contribution in [0.1, 0.15) is 37.0 Å². The van der Waals surface area contributed by atoms with E-state index in [-0.39, 0.29) is 24.1 Å². The molecule has 0 spiro atoms. The predicted molar refractivity (Wildman–Crippen MR) is 97.9 cm³/mol. The van der Waals surface area contributed by atoms with Gasteiger partial charge in [0.15, 0.2) is 11.5 Å². The molecule has 0 aliphatic rings. The Morgan fingerprint density at radius 3 is 2.58 bits per heavy atom. The molecule has 7 heteroatoms. The maximum atomic E-state index is 12.0. The lowest BCUT2D eigenvalue weighted by atomic mass is 9.95. The molecular weight excluding hydrogens is 334 g/mol. The summed E-state index contributed by atoms with van der Waals surface area (Å²) in [6.45, 7) is 9.57. The Kier molecular flexibility index (Phi) is 6.16. The van der Waals surface area contributed by atoms with Crippen molar-refractivity contribution in [3.63, 3.8) is 0 Å². The smallest absolute Gasteiger partial charge is 0.273 e. The van der Waals surface area contributed by atoms with Crippen LogP contribution < -0.4 is 15.4 Å². The highest BCUT2D eigenvalue weighted by atomic mass is 16.5. The highest BCUT2D eigenvalue weighted by Crippen LogP contribution is 2.20. The van der Waals surface area contributed by atoms with E-state index >= 15 is 0 Å². The van der Waals surface area contributed by atoms with Crippen LogP contribution in [0.3, 0.4) is 0 Å². The van der Waals surface area contributed by atoms with E-state index in [2.05, 4.69) is 22.4 Å². The van der Waals surface area contributed by atoms with Crippen molar-refractivity contribution in [1.29, 1.82) is 0 Å². The molecule has 0 saturated carbocycles. The van der Waals surface area contributed by atoms with Crippen LogP contribution in [0.4, 0.5) is 5.69 Å². The van der Waals surface area contributed by atoms with Crippen molar-refractivity contribution in [1.82, 2.24) is 10.5 Å². The van der Waals surface area contributed by atoms with E-state index < -0.39 is 5.41 Å². The Hall–Kier alpha value is -3.09. The fraction of sp³-hybridized carbons (Fsp3) is 0.316. The van der Waals surface area contributed by atoms with Crippen molar-refractivity contribution >= 4 is 17.5 Å². The number of nitrogens with zero attached hydrogens (tertiary/aromatic N) is 1. The van der Waals surface area contributed by atoms with Crippen LogP contribution in [0.2, 0.25) is 0 Å². The van der Waals surface area contributed by atoms with Crippen LogP contribution in [0, 0.1) is 5.41 Å². The molecule has 0 atom stereocenters. The summed E-state index contributed by atoms with van der Waals surface area (Å²) in [6, 6.07) is 8.52. The molecule has 2 amide bonds. The number of carbonyl (C=O) groups excluding carboxylic acids is 2. The topological polar surface area (TPSA) is 93.5 Å². The van der Waals surface area contributed by atoms with Crippen molar-refractivity contribution in [3.05, 3.63) is 54.4 Å². The van der Waals surface area contributed by atoms with Crippen molar-refractivity contribution in [3.8, 4) is 5.75 Å². The summed E-state index contributed by atoms with van der Waals surface area (Å²) in [7, 11) is 0. The summed E-state index contributed by atoms with van der Waals surface area (Å²) in [4.78, 5) is 23.7. The molecule has 26 heavy (non-hydrogen) atoms. The summed E-state index contributed by atoms with van der Waals surface area (Å²) >= 11 is 0. The quantitative estimate of drug-likeness (QED) is 0.743. The molecule has 1 aromatic carbocycles. The first-order chi connectivity index (χ1) is 12.3. The maximum Gasteiger partial charge on any atom is 0.273 e. The molecule has 0 unspecified atom stereocenters. The Bertz CT molecular complexity index is 773. The first kappa shape index (κ1) is 19.2. The van der Waals surface area contributed by atoms with Gasteiger partial charge in [0.2, 0.25) is 5.91 Å². The summed E-state index contributed by atoms with van der Waals surface area (Å²) in [5.74, 6) is 0.639. The lowest BCUT2D eigenvalue weighted by Crippen LogP contribution is -2.27. The molecule has 0 bridgehead atoms. The van der Waals surface area contributed by atoms with E-state index in [9.17, 15) is 9.59 Å². The summed E-state index contributed by atoms with van der Waals surface area (Å²) in [5.41, 5.74) is 0.417. The summed E-state index contributed by atoms with van der Waals surface area (Å²) < 4.78 is 10.7. The average molecular weight is 357 g/mol. The molecule has 0 saturated heterocycles. The van der Waals surface area contributed by atoms with Crippen molar-refractivity contribution in [2.45, 2.75) is 27.4 Å². The number of hydrogen-bond donors (Lipinski definition) is 2. The monoisotopic (exact) mass is 357 g/mol. The third kappa shape index (κ3) is 5.47. The normalized spacial score (nSPS) is 10.9. The van der Waals surface area contributed by atoms with Crippen LogP contribution in [0.25, 0.3) is 0 Å². The van der Waals surface area contributed by atoms with E-state index in [1.807, 2.05) is 20.8 Å². The molecule has 1 aromatic heterocycles. The minimum Gasteiger partial charge on any atom is -0.486 e. The second-order valence-corrected chi connectivity index (χ2v) is 6.69. The van der Waals surface area contributed by atoms with Crippen molar-refractivity contribution in [2.75, 3.05) is 11.9 Å². The molecule has 1 heterocycles. The van der Waals surface area contributed by atoms with Gasteiger partial charge in [-0.15, -0.1) is 6.58 Å². The maximum absolute atomic E-state index is 12.0. The zero-order chi connectivity index (χ0) is 19.2. The molecule has 0 aliphatic carbocycles. The van der Waals surface area contributed by atoms with Gasteiger partial charge in [-0.1, -0.05) is 32.0 Å². The van der Waals surface area contributed by atoms with E-state index in [0.29, 0.717) is 23.7 Å². The van der Waals surface area contributed by atoms with Gasteiger partial charge in [-0.25, -0.2) is 0 Å². The van der Waals surface area contributed by atoms with Gasteiger partial charge in [0, 0.05) is 23.7 Å². The second-order valence-electron chi connectivity index (χ2n) is 6.69. The molecule has 7 nitrogen and oxygen atoms in total. The highest BCUT2D eigenvalue weighted by Gasteiger charge is 2.21. The van der Waals surface area contributed by atoms with Crippen molar-refractivity contribution in [2.24, 2.45) is 5.41 Å². The average Bonchev–Trinajstić information content (AvgIpc) is 3.07. The van der Waals surface area contributed by atoms with E-state index in [0.717, 1.165) is 0 Å². The lowest BCUT2D eigenvalue weighted by Gasteiger charge is -2.17. The van der Waals surface area contributed by atoms with Gasteiger partial charge in [0.05, 0.1) is 0 Å². The Balaban J connectivity index is 1.88. The Morgan fingerprint density at radius 2 is 1.96 bits per heavy atom. The fourth-order valence-corrected chi connectivity index (χ4v) is 1.85. The standard InChI is InChI=1S/C19H23N3O4/c1-5-10-20-17(23)16-11-15(26-22-16)12-25-14-8-6-13(7-9-14)21-18(24)19(2,3)4/h5-9,11H,1,10,12H2,2-4H3,(H,20,23)(H,21,24). The number of amides is 2. The third-order valence-electron chi connectivity index (χ3n) is 3.37. The van der Waals surface area contributed by atoms with Gasteiger partial charge < -0.3 is 19.9 Å². The zero-order valence-electron chi connectivity index (χ0n) is 15.2. The minimum absolute atomic E-state index is 0.0601. The second kappa shape index (κ2) is 8.33. The third-order valence-corrected chi connectivity index (χ3v) is 3.37. The van der Waals surface area contributed by atoms with Gasteiger partial charge in [-0.2, -0.15) is 0 Å². The number of ether oxygens (including phenoxy) is 1. The van der Waals surface area contributed by atoms with Gasteiger partial charge in [0.25, 0.3) is 5.91 Å². The van der Waals surface area contributed by atoms with Crippen LogP contribution in [-0.4, -0.2) is 23.5 Å². The number of benzene rings is 1. The van der Waals surface area contributed by atoms with Gasteiger partial charge in [-0.3, -0.25) is 9.59 Å². The molecule has 2 aromatic rings. The van der Waals surface area contributed by atoms with Gasteiger partial charge in [0.1, 0.15) is 12.4 Å². The summed E-state index contributed by atoms with van der Waals surface area (Å²) in [5, 5.41) is 9.16. The highest BCUT2D eigenvalue weighted by molar-refractivity contribution is 5.94. The number of anilines is 1. The van der Waals surface area contributed by atoms with Gasteiger partial charge >= 0.3 is 0 Å². The minimum atomic E-state index is -0.461. The predicted octanol–water partition coefficient (Wildman–Crippen LogP) is 3.15. The van der Waals surface area contributed by atoms with Crippen molar-refractivity contribution < 1.29 is 18.8 Å². The molecular formula is C19H23N3O4. The van der Waals surface area contributed by atoms with E-state index in [1.165, 1.54) is 6.07 Å². The van der Waals surface area contributed by atoms with E-state index in [1.54, 1.807) is 30.3 Å². The van der Waals surface area contributed by atoms with Crippen LogP contribution in [0.5, 0.6) is 5.75 Å². The SMILES string of the molecule is C=CCNC(=O)c1cc(COc2ccc(NC(=O)C(C)(C)C)cc2)on1. The van der Waals surface area contributed by atoms with Gasteiger partial charge in [-0.05, 0) is 24.3 Å². The Labute approximate surface area is 152 Å². The first-order valence-electron chi connectivity index (χ1n) is 8.18. The number of aromatic nitrogens is 1. The zero-order valence-corrected chi connectivity index (χ0v) is 15.2. The number of nitrogens with one attached hydrogen (secondary N) is 2. The lowest BCUT2D eigenvalue weighted by molar-refractivity contribution is -0.123. The molecule has 0 radical (unpaired) electrons. The largest absolute Gasteiger partial charge is 0.486 e. The molecule has 0 fully saturated rings. The number of hydrogen-bond acceptors (Lipinski definition) is 5. The summed E-state index contributed by atoms with van der Waals surface area (Å²) in [6.07, 6.45) is 1.58. The van der Waals surface area contributed by atoms with Crippen LogP contribution >= 0.6 is 0 Å².